The molecule has 0 bridgehead atoms. The molecule has 1 amide bonds. The third-order valence-corrected chi connectivity index (χ3v) is 2.83. The average molecular weight is 275 g/mol. The van der Waals surface area contributed by atoms with Gasteiger partial charge in [0.2, 0.25) is 5.91 Å². The molecule has 1 unspecified atom stereocenters. The van der Waals surface area contributed by atoms with Crippen LogP contribution in [-0.2, 0) is 4.79 Å². The van der Waals surface area contributed by atoms with Gasteiger partial charge in [0.15, 0.2) is 5.75 Å². The lowest BCUT2D eigenvalue weighted by molar-refractivity contribution is -0.119. The fraction of sp³-hybridized carbons (Fsp3) is 0.154. The Morgan fingerprint density at radius 2 is 2.10 bits per heavy atom. The highest BCUT2D eigenvalue weighted by molar-refractivity contribution is 5.98. The number of aromatic carboxylic acids is 1. The first kappa shape index (κ1) is 13.6. The van der Waals surface area contributed by atoms with E-state index >= 15 is 0 Å². The first-order valence-corrected chi connectivity index (χ1v) is 5.86. The first-order valence-electron chi connectivity index (χ1n) is 5.86. The Morgan fingerprint density at radius 1 is 1.35 bits per heavy atom. The van der Waals surface area contributed by atoms with Gasteiger partial charge in [0.1, 0.15) is 11.6 Å². The average Bonchev–Trinajstić information content (AvgIpc) is 2.93. The number of rotatable bonds is 4. The zero-order valence-corrected chi connectivity index (χ0v) is 10.6. The maximum Gasteiger partial charge on any atom is 0.339 e. The van der Waals surface area contributed by atoms with Crippen molar-refractivity contribution < 1.29 is 19.8 Å². The van der Waals surface area contributed by atoms with Crippen LogP contribution >= 0.6 is 0 Å². The van der Waals surface area contributed by atoms with E-state index in [0.717, 1.165) is 0 Å². The molecule has 1 atom stereocenters. The second kappa shape index (κ2) is 5.43. The molecule has 20 heavy (non-hydrogen) atoms. The molecular formula is C13H13N3O4. The number of aromatic hydroxyl groups is 1. The van der Waals surface area contributed by atoms with Gasteiger partial charge >= 0.3 is 5.97 Å². The number of amides is 1. The first-order chi connectivity index (χ1) is 9.50. The molecule has 0 aliphatic carbocycles. The largest absolute Gasteiger partial charge is 0.505 e. The van der Waals surface area contributed by atoms with Crippen LogP contribution in [0.25, 0.3) is 0 Å². The van der Waals surface area contributed by atoms with Gasteiger partial charge in [-0.25, -0.2) is 4.79 Å². The van der Waals surface area contributed by atoms with Crippen molar-refractivity contribution in [2.24, 2.45) is 0 Å². The molecule has 0 radical (unpaired) electrons. The summed E-state index contributed by atoms with van der Waals surface area (Å²) in [7, 11) is 0. The van der Waals surface area contributed by atoms with E-state index in [0.29, 0.717) is 0 Å². The van der Waals surface area contributed by atoms with E-state index in [4.69, 9.17) is 5.11 Å². The van der Waals surface area contributed by atoms with Gasteiger partial charge < -0.3 is 15.5 Å². The molecular weight excluding hydrogens is 262 g/mol. The van der Waals surface area contributed by atoms with E-state index in [9.17, 15) is 14.7 Å². The number of nitrogens with zero attached hydrogens (tertiary/aromatic N) is 2. The molecule has 2 aromatic rings. The van der Waals surface area contributed by atoms with Crippen LogP contribution in [0.4, 0.5) is 5.69 Å². The second-order valence-electron chi connectivity index (χ2n) is 4.16. The molecule has 7 nitrogen and oxygen atoms in total. The molecule has 2 rings (SSSR count). The molecule has 1 aromatic carbocycles. The second-order valence-corrected chi connectivity index (χ2v) is 4.16. The van der Waals surface area contributed by atoms with Crippen molar-refractivity contribution in [3.8, 4) is 5.75 Å². The Balaban J connectivity index is 2.20. The number of aromatic nitrogens is 2. The minimum atomic E-state index is -1.27. The Labute approximate surface area is 114 Å². The highest BCUT2D eigenvalue weighted by Gasteiger charge is 2.19. The van der Waals surface area contributed by atoms with E-state index < -0.39 is 23.7 Å². The number of hydrogen-bond donors (Lipinski definition) is 3. The molecule has 7 heteroatoms. The third-order valence-electron chi connectivity index (χ3n) is 2.83. The van der Waals surface area contributed by atoms with E-state index in [1.807, 2.05) is 0 Å². The summed E-state index contributed by atoms with van der Waals surface area (Å²) in [5, 5.41) is 25.1. The van der Waals surface area contributed by atoms with Gasteiger partial charge in [-0.3, -0.25) is 9.48 Å². The van der Waals surface area contributed by atoms with Crippen LogP contribution in [0.1, 0.15) is 23.3 Å². The van der Waals surface area contributed by atoms with Gasteiger partial charge in [-0.05, 0) is 25.1 Å². The van der Waals surface area contributed by atoms with Crippen molar-refractivity contribution in [2.45, 2.75) is 13.0 Å². The number of carbonyl (C=O) groups excluding carboxylic acids is 1. The number of hydrogen-bond acceptors (Lipinski definition) is 4. The van der Waals surface area contributed by atoms with Crippen LogP contribution in [0.5, 0.6) is 5.75 Å². The number of carboxylic acid groups (broad SMARTS) is 1. The quantitative estimate of drug-likeness (QED) is 0.733. The lowest BCUT2D eigenvalue weighted by Crippen LogP contribution is -2.24. The summed E-state index contributed by atoms with van der Waals surface area (Å²) in [6, 6.07) is 5.22. The lowest BCUT2D eigenvalue weighted by Gasteiger charge is -2.14. The number of carbonyl (C=O) groups is 2. The van der Waals surface area contributed by atoms with Gasteiger partial charge in [0.25, 0.3) is 0 Å². The minimum absolute atomic E-state index is 0.0499. The van der Waals surface area contributed by atoms with Crippen LogP contribution in [0, 0.1) is 0 Å². The van der Waals surface area contributed by atoms with Crippen LogP contribution in [0.2, 0.25) is 0 Å². The van der Waals surface area contributed by atoms with Crippen molar-refractivity contribution in [1.29, 1.82) is 0 Å². The number of anilines is 1. The standard InChI is InChI=1S/C13H13N3O4/c1-8(16-7-3-6-14-16)12(18)15-10-5-2-4-9(11(10)17)13(19)20/h2-8,17H,1H3,(H,15,18)(H,19,20). The molecule has 0 spiro atoms. The predicted octanol–water partition coefficient (Wildman–Crippen LogP) is 1.49. The highest BCUT2D eigenvalue weighted by atomic mass is 16.4. The monoisotopic (exact) mass is 275 g/mol. The smallest absolute Gasteiger partial charge is 0.339 e. The number of para-hydroxylation sites is 1. The van der Waals surface area contributed by atoms with Gasteiger partial charge in [0, 0.05) is 12.4 Å². The highest BCUT2D eigenvalue weighted by Crippen LogP contribution is 2.28. The van der Waals surface area contributed by atoms with Gasteiger partial charge in [-0.1, -0.05) is 6.07 Å². The van der Waals surface area contributed by atoms with Crippen LogP contribution in [0.3, 0.4) is 0 Å². The molecule has 0 fully saturated rings. The Hall–Kier alpha value is -2.83. The summed E-state index contributed by atoms with van der Waals surface area (Å²) in [6.45, 7) is 1.64. The van der Waals surface area contributed by atoms with Crippen molar-refractivity contribution in [1.82, 2.24) is 9.78 Å². The Morgan fingerprint density at radius 3 is 2.70 bits per heavy atom. The summed E-state index contributed by atoms with van der Waals surface area (Å²) >= 11 is 0. The molecule has 104 valence electrons. The molecule has 0 aliphatic rings. The third kappa shape index (κ3) is 2.61. The van der Waals surface area contributed by atoms with E-state index in [1.54, 1.807) is 25.4 Å². The fourth-order valence-electron chi connectivity index (χ4n) is 1.68. The summed E-state index contributed by atoms with van der Waals surface area (Å²) in [6.07, 6.45) is 3.18. The number of carboxylic acids is 1. The molecule has 0 saturated carbocycles. The van der Waals surface area contributed by atoms with Gasteiger partial charge in [-0.15, -0.1) is 0 Å². The summed E-state index contributed by atoms with van der Waals surface area (Å²) in [5.74, 6) is -2.15. The van der Waals surface area contributed by atoms with E-state index in [2.05, 4.69) is 10.4 Å². The molecule has 3 N–H and O–H groups in total. The van der Waals surface area contributed by atoms with Crippen molar-refractivity contribution in [3.63, 3.8) is 0 Å². The summed E-state index contributed by atoms with van der Waals surface area (Å²) in [5.41, 5.74) is -0.219. The maximum absolute atomic E-state index is 12.0. The van der Waals surface area contributed by atoms with Gasteiger partial charge in [-0.2, -0.15) is 5.10 Å². The number of benzene rings is 1. The lowest BCUT2D eigenvalue weighted by atomic mass is 10.1. The Kier molecular flexibility index (Phi) is 3.69. The fourth-order valence-corrected chi connectivity index (χ4v) is 1.68. The molecule has 0 aliphatic heterocycles. The SMILES string of the molecule is CC(C(=O)Nc1cccc(C(=O)O)c1O)n1cccn1. The van der Waals surface area contributed by atoms with Crippen LogP contribution in [0.15, 0.2) is 36.7 Å². The Bertz CT molecular complexity index is 637. The maximum atomic E-state index is 12.0. The molecule has 0 saturated heterocycles. The zero-order chi connectivity index (χ0) is 14.7. The predicted molar refractivity (Wildman–Crippen MR) is 70.6 cm³/mol. The molecule has 1 aromatic heterocycles. The van der Waals surface area contributed by atoms with Crippen molar-refractivity contribution in [3.05, 3.63) is 42.2 Å². The summed E-state index contributed by atoms with van der Waals surface area (Å²) < 4.78 is 1.45. The molecule has 1 heterocycles. The minimum Gasteiger partial charge on any atom is -0.505 e. The van der Waals surface area contributed by atoms with Gasteiger partial charge in [0.05, 0.1) is 5.69 Å². The number of phenols is 1. The topological polar surface area (TPSA) is 104 Å². The van der Waals surface area contributed by atoms with E-state index in [1.165, 1.54) is 22.9 Å². The van der Waals surface area contributed by atoms with Crippen LogP contribution < -0.4 is 5.32 Å². The zero-order valence-electron chi connectivity index (χ0n) is 10.6. The summed E-state index contributed by atoms with van der Waals surface area (Å²) in [4.78, 5) is 22.9. The van der Waals surface area contributed by atoms with Crippen molar-refractivity contribution >= 4 is 17.6 Å². The van der Waals surface area contributed by atoms with Crippen molar-refractivity contribution in [2.75, 3.05) is 5.32 Å². The van der Waals surface area contributed by atoms with E-state index in [-0.39, 0.29) is 11.3 Å². The number of nitrogens with one attached hydrogen (secondary N) is 1. The van der Waals surface area contributed by atoms with Crippen LogP contribution in [-0.4, -0.2) is 31.9 Å². The normalized spacial score (nSPS) is 11.8.